The molecule has 0 bridgehead atoms. The van der Waals surface area contributed by atoms with E-state index in [4.69, 9.17) is 11.6 Å². The van der Waals surface area contributed by atoms with Crippen molar-refractivity contribution in [1.82, 2.24) is 14.9 Å². The zero-order valence-corrected chi connectivity index (χ0v) is 17.3. The first-order chi connectivity index (χ1) is 13.4. The van der Waals surface area contributed by atoms with Crippen molar-refractivity contribution in [2.75, 3.05) is 43.1 Å². The van der Waals surface area contributed by atoms with E-state index in [1.807, 2.05) is 19.1 Å². The van der Waals surface area contributed by atoms with E-state index in [1.165, 1.54) is 0 Å². The fourth-order valence-electron chi connectivity index (χ4n) is 2.80. The van der Waals surface area contributed by atoms with E-state index in [0.29, 0.717) is 22.6 Å². The van der Waals surface area contributed by atoms with Crippen LogP contribution in [0.15, 0.2) is 24.3 Å². The number of anilines is 3. The fourth-order valence-corrected chi connectivity index (χ4v) is 2.92. The van der Waals surface area contributed by atoms with Gasteiger partial charge in [-0.25, -0.2) is 9.78 Å². The Balaban J connectivity index is 1.64. The number of nitrogens with zero attached hydrogens (tertiary/aromatic N) is 3. The lowest BCUT2D eigenvalue weighted by molar-refractivity contribution is 0.262. The lowest BCUT2D eigenvalue weighted by atomic mass is 10.2. The molecular formula is C20H27ClN6O. The van der Waals surface area contributed by atoms with Gasteiger partial charge in [0.05, 0.1) is 5.69 Å². The molecule has 7 nitrogen and oxygen atoms in total. The molecule has 3 rings (SSSR count). The van der Waals surface area contributed by atoms with Gasteiger partial charge >= 0.3 is 6.03 Å². The Morgan fingerprint density at radius 2 is 2.00 bits per heavy atom. The summed E-state index contributed by atoms with van der Waals surface area (Å²) in [4.78, 5) is 23.5. The summed E-state index contributed by atoms with van der Waals surface area (Å²) in [5.41, 5.74) is 2.54. The maximum atomic E-state index is 12.4. The van der Waals surface area contributed by atoms with Gasteiger partial charge in [0, 0.05) is 29.2 Å². The van der Waals surface area contributed by atoms with E-state index in [9.17, 15) is 4.79 Å². The number of nitrogens with one attached hydrogen (secondary N) is 3. The second-order valence-corrected chi connectivity index (χ2v) is 7.81. The highest BCUT2D eigenvalue weighted by Gasteiger charge is 2.26. The SMILES string of the molecule is Cc1cc(NC(=O)Nc2nc(NCCCN(C)C)cc(C3CC3)n2)ccc1Cl. The molecule has 150 valence electrons. The molecule has 28 heavy (non-hydrogen) atoms. The summed E-state index contributed by atoms with van der Waals surface area (Å²) in [5, 5.41) is 9.53. The minimum absolute atomic E-state index is 0.308. The van der Waals surface area contributed by atoms with E-state index in [0.717, 1.165) is 49.4 Å². The van der Waals surface area contributed by atoms with Gasteiger partial charge in [-0.1, -0.05) is 11.6 Å². The van der Waals surface area contributed by atoms with E-state index in [2.05, 4.69) is 44.9 Å². The van der Waals surface area contributed by atoms with Crippen LogP contribution in [-0.2, 0) is 0 Å². The Bertz CT molecular complexity index is 837. The van der Waals surface area contributed by atoms with Crippen molar-refractivity contribution in [2.24, 2.45) is 0 Å². The van der Waals surface area contributed by atoms with Crippen LogP contribution in [0.4, 0.5) is 22.2 Å². The first-order valence-corrected chi connectivity index (χ1v) is 9.90. The van der Waals surface area contributed by atoms with E-state index in [1.54, 1.807) is 12.1 Å². The minimum Gasteiger partial charge on any atom is -0.370 e. The van der Waals surface area contributed by atoms with Gasteiger partial charge in [0.15, 0.2) is 0 Å². The summed E-state index contributed by atoms with van der Waals surface area (Å²) in [6.45, 7) is 3.71. The van der Waals surface area contributed by atoms with Crippen LogP contribution in [0.2, 0.25) is 5.02 Å². The first-order valence-electron chi connectivity index (χ1n) is 9.52. The molecule has 2 amide bonds. The maximum Gasteiger partial charge on any atom is 0.326 e. The summed E-state index contributed by atoms with van der Waals surface area (Å²) in [5.74, 6) is 1.52. The summed E-state index contributed by atoms with van der Waals surface area (Å²) < 4.78 is 0. The quantitative estimate of drug-likeness (QED) is 0.572. The molecule has 0 spiro atoms. The van der Waals surface area contributed by atoms with Crippen molar-refractivity contribution in [1.29, 1.82) is 0 Å². The molecule has 1 heterocycles. The van der Waals surface area contributed by atoms with Crippen LogP contribution >= 0.6 is 11.6 Å². The minimum atomic E-state index is -0.381. The summed E-state index contributed by atoms with van der Waals surface area (Å²) >= 11 is 6.03. The summed E-state index contributed by atoms with van der Waals surface area (Å²) in [7, 11) is 4.11. The van der Waals surface area contributed by atoms with Crippen LogP contribution in [0, 0.1) is 6.92 Å². The number of carbonyl (C=O) groups is 1. The maximum absolute atomic E-state index is 12.4. The molecule has 1 aliphatic rings. The number of hydrogen-bond acceptors (Lipinski definition) is 5. The number of aromatic nitrogens is 2. The Morgan fingerprint density at radius 1 is 1.21 bits per heavy atom. The van der Waals surface area contributed by atoms with Gasteiger partial charge in [0.1, 0.15) is 5.82 Å². The molecule has 8 heteroatoms. The Labute approximate surface area is 170 Å². The van der Waals surface area contributed by atoms with Crippen molar-refractivity contribution in [3.8, 4) is 0 Å². The first kappa shape index (κ1) is 20.4. The van der Waals surface area contributed by atoms with Crippen molar-refractivity contribution in [3.05, 3.63) is 40.5 Å². The van der Waals surface area contributed by atoms with Crippen LogP contribution < -0.4 is 16.0 Å². The van der Waals surface area contributed by atoms with E-state index in [-0.39, 0.29) is 6.03 Å². The number of halogens is 1. The van der Waals surface area contributed by atoms with Crippen LogP contribution in [0.25, 0.3) is 0 Å². The molecule has 0 aliphatic heterocycles. The van der Waals surface area contributed by atoms with Gasteiger partial charge in [0.2, 0.25) is 5.95 Å². The fraction of sp³-hybridized carbons (Fsp3) is 0.450. The summed E-state index contributed by atoms with van der Waals surface area (Å²) in [6.07, 6.45) is 3.27. The Morgan fingerprint density at radius 3 is 2.68 bits per heavy atom. The normalized spacial score (nSPS) is 13.5. The molecule has 1 aromatic carbocycles. The lowest BCUT2D eigenvalue weighted by Gasteiger charge is -2.13. The Kier molecular flexibility index (Phi) is 6.70. The second kappa shape index (κ2) is 9.21. The molecule has 0 saturated heterocycles. The van der Waals surface area contributed by atoms with Crippen LogP contribution in [0.5, 0.6) is 0 Å². The largest absolute Gasteiger partial charge is 0.370 e. The average Bonchev–Trinajstić information content (AvgIpc) is 3.47. The summed E-state index contributed by atoms with van der Waals surface area (Å²) in [6, 6.07) is 6.94. The van der Waals surface area contributed by atoms with E-state index < -0.39 is 0 Å². The van der Waals surface area contributed by atoms with Crippen molar-refractivity contribution in [3.63, 3.8) is 0 Å². The number of benzene rings is 1. The highest BCUT2D eigenvalue weighted by atomic mass is 35.5. The molecular weight excluding hydrogens is 376 g/mol. The lowest BCUT2D eigenvalue weighted by Crippen LogP contribution is -2.22. The molecule has 1 fully saturated rings. The standard InChI is InChI=1S/C20H27ClN6O/c1-13-11-15(7-8-16(13)21)23-20(28)26-19-24-17(14-5-6-14)12-18(25-19)22-9-4-10-27(2)3/h7-8,11-12,14H,4-6,9-10H2,1-3H3,(H3,22,23,24,25,26,28). The number of urea groups is 1. The average molecular weight is 403 g/mol. The predicted octanol–water partition coefficient (Wildman–Crippen LogP) is 4.32. The highest BCUT2D eigenvalue weighted by Crippen LogP contribution is 2.39. The second-order valence-electron chi connectivity index (χ2n) is 7.40. The molecule has 3 N–H and O–H groups in total. The topological polar surface area (TPSA) is 82.2 Å². The molecule has 0 unspecified atom stereocenters. The molecule has 1 saturated carbocycles. The number of rotatable bonds is 8. The van der Waals surface area contributed by atoms with Gasteiger partial charge in [0.25, 0.3) is 0 Å². The number of hydrogen-bond donors (Lipinski definition) is 3. The van der Waals surface area contributed by atoms with Gasteiger partial charge in [-0.3, -0.25) is 5.32 Å². The van der Waals surface area contributed by atoms with Crippen LogP contribution in [0.3, 0.4) is 0 Å². The third-order valence-corrected chi connectivity index (χ3v) is 4.90. The van der Waals surface area contributed by atoms with Crippen LogP contribution in [0.1, 0.15) is 36.4 Å². The van der Waals surface area contributed by atoms with Gasteiger partial charge in [-0.2, -0.15) is 4.98 Å². The molecule has 0 radical (unpaired) electrons. The number of carbonyl (C=O) groups excluding carboxylic acids is 1. The molecule has 2 aromatic rings. The van der Waals surface area contributed by atoms with Crippen molar-refractivity contribution >= 4 is 35.1 Å². The third kappa shape index (κ3) is 6.07. The monoisotopic (exact) mass is 402 g/mol. The zero-order valence-electron chi connectivity index (χ0n) is 16.6. The zero-order chi connectivity index (χ0) is 20.1. The number of aryl methyl sites for hydroxylation is 1. The number of amides is 2. The van der Waals surface area contributed by atoms with Gasteiger partial charge in [-0.05, 0) is 70.6 Å². The van der Waals surface area contributed by atoms with E-state index >= 15 is 0 Å². The van der Waals surface area contributed by atoms with Crippen molar-refractivity contribution < 1.29 is 4.79 Å². The Hall–Kier alpha value is -2.38. The van der Waals surface area contributed by atoms with Gasteiger partial charge < -0.3 is 15.5 Å². The van der Waals surface area contributed by atoms with Crippen molar-refractivity contribution in [2.45, 2.75) is 32.1 Å². The molecule has 1 aliphatic carbocycles. The smallest absolute Gasteiger partial charge is 0.326 e. The molecule has 0 atom stereocenters. The highest BCUT2D eigenvalue weighted by molar-refractivity contribution is 6.31. The van der Waals surface area contributed by atoms with Gasteiger partial charge in [-0.15, -0.1) is 0 Å². The molecule has 1 aromatic heterocycles. The third-order valence-electron chi connectivity index (χ3n) is 4.47. The van der Waals surface area contributed by atoms with Crippen LogP contribution in [-0.4, -0.2) is 48.1 Å². The predicted molar refractivity (Wildman–Crippen MR) is 114 cm³/mol.